The predicted molar refractivity (Wildman–Crippen MR) is 99.9 cm³/mol. The summed E-state index contributed by atoms with van der Waals surface area (Å²) in [5.41, 5.74) is 2.20. The molecule has 0 radical (unpaired) electrons. The minimum absolute atomic E-state index is 0.0168. The van der Waals surface area contributed by atoms with Crippen molar-refractivity contribution >= 4 is 33.6 Å². The van der Waals surface area contributed by atoms with Gasteiger partial charge in [-0.3, -0.25) is 14.9 Å². The van der Waals surface area contributed by atoms with Crippen molar-refractivity contribution in [1.82, 2.24) is 19.8 Å². The predicted octanol–water partition coefficient (Wildman–Crippen LogP) is 3.32. The maximum Gasteiger partial charge on any atom is 0.272 e. The van der Waals surface area contributed by atoms with Crippen LogP contribution in [0.15, 0.2) is 48.8 Å². The van der Waals surface area contributed by atoms with E-state index in [4.69, 9.17) is 0 Å². The Morgan fingerprint density at radius 1 is 1.26 bits per heavy atom. The lowest BCUT2D eigenvalue weighted by atomic mass is 10.1. The quantitative estimate of drug-likeness (QED) is 0.429. The van der Waals surface area contributed by atoms with Crippen molar-refractivity contribution in [2.24, 2.45) is 0 Å². The molecule has 1 amide bonds. The average Bonchev–Trinajstić information content (AvgIpc) is 3.23. The molecule has 134 valence electrons. The zero-order chi connectivity index (χ0) is 19.0. The third kappa shape index (κ3) is 3.25. The summed E-state index contributed by atoms with van der Waals surface area (Å²) in [6, 6.07) is 11.5. The molecule has 0 saturated heterocycles. The average molecular weight is 380 g/mol. The summed E-state index contributed by atoms with van der Waals surface area (Å²) < 4.78 is 1.59. The number of carbonyl (C=O) groups is 1. The first kappa shape index (κ1) is 16.8. The molecule has 0 aliphatic carbocycles. The molecule has 2 heterocycles. The molecule has 4 aromatic rings. The van der Waals surface area contributed by atoms with Crippen LogP contribution in [0, 0.1) is 17.0 Å². The van der Waals surface area contributed by atoms with Crippen molar-refractivity contribution in [2.45, 2.75) is 6.92 Å². The number of nitrogens with zero attached hydrogens (tertiary/aromatic N) is 5. The van der Waals surface area contributed by atoms with Crippen LogP contribution in [-0.2, 0) is 0 Å². The van der Waals surface area contributed by atoms with Gasteiger partial charge >= 0.3 is 0 Å². The van der Waals surface area contributed by atoms with E-state index in [0.717, 1.165) is 10.6 Å². The molecule has 0 atom stereocenters. The Labute approximate surface area is 156 Å². The molecule has 0 spiro atoms. The number of hydrogen-bond donors (Lipinski definition) is 1. The highest BCUT2D eigenvalue weighted by atomic mass is 32.1. The SMILES string of the molecule is Cc1cc(C(=O)Nc2cccc(-c3nn4cnnc4s3)c2)ccc1[N+](=O)[O-]. The van der Waals surface area contributed by atoms with E-state index in [1.54, 1.807) is 17.5 Å². The van der Waals surface area contributed by atoms with Gasteiger partial charge in [0.05, 0.1) is 4.92 Å². The number of amides is 1. The number of nitro benzene ring substituents is 1. The first-order chi connectivity index (χ1) is 13.0. The van der Waals surface area contributed by atoms with Gasteiger partial charge in [0, 0.05) is 28.4 Å². The molecule has 1 N–H and O–H groups in total. The van der Waals surface area contributed by atoms with Crippen LogP contribution >= 0.6 is 11.3 Å². The number of aromatic nitrogens is 4. The largest absolute Gasteiger partial charge is 0.322 e. The lowest BCUT2D eigenvalue weighted by Crippen LogP contribution is -2.12. The Morgan fingerprint density at radius 2 is 2.11 bits per heavy atom. The summed E-state index contributed by atoms with van der Waals surface area (Å²) in [5.74, 6) is -0.344. The standard InChI is InChI=1S/C17H12N6O3S/c1-10-7-11(5-6-14(10)23(25)26)15(24)19-13-4-2-3-12(8-13)16-21-22-9-18-20-17(22)27-16/h2-9H,1H3,(H,19,24). The number of carbonyl (C=O) groups excluding carboxylic acids is 1. The van der Waals surface area contributed by atoms with Gasteiger partial charge in [0.1, 0.15) is 11.3 Å². The first-order valence-electron chi connectivity index (χ1n) is 7.85. The van der Waals surface area contributed by atoms with E-state index in [2.05, 4.69) is 20.6 Å². The van der Waals surface area contributed by atoms with Crippen LogP contribution in [0.3, 0.4) is 0 Å². The lowest BCUT2D eigenvalue weighted by Gasteiger charge is -2.07. The second-order valence-electron chi connectivity index (χ2n) is 5.76. The van der Waals surface area contributed by atoms with E-state index in [9.17, 15) is 14.9 Å². The third-order valence-electron chi connectivity index (χ3n) is 3.91. The van der Waals surface area contributed by atoms with Gasteiger partial charge in [0.25, 0.3) is 11.6 Å². The Morgan fingerprint density at radius 3 is 2.85 bits per heavy atom. The highest BCUT2D eigenvalue weighted by Gasteiger charge is 2.14. The maximum absolute atomic E-state index is 12.5. The smallest absolute Gasteiger partial charge is 0.272 e. The fraction of sp³-hybridized carbons (Fsp3) is 0.0588. The van der Waals surface area contributed by atoms with Crippen molar-refractivity contribution in [2.75, 3.05) is 5.32 Å². The highest BCUT2D eigenvalue weighted by Crippen LogP contribution is 2.27. The van der Waals surface area contributed by atoms with Crippen LogP contribution in [-0.4, -0.2) is 30.6 Å². The molecule has 27 heavy (non-hydrogen) atoms. The zero-order valence-electron chi connectivity index (χ0n) is 14.0. The summed E-state index contributed by atoms with van der Waals surface area (Å²) in [6.07, 6.45) is 1.53. The first-order valence-corrected chi connectivity index (χ1v) is 8.66. The van der Waals surface area contributed by atoms with Gasteiger partial charge in [-0.25, -0.2) is 0 Å². The van der Waals surface area contributed by atoms with Crippen molar-refractivity contribution in [1.29, 1.82) is 0 Å². The van der Waals surface area contributed by atoms with E-state index in [-0.39, 0.29) is 11.6 Å². The molecule has 0 unspecified atom stereocenters. The molecule has 2 aromatic carbocycles. The third-order valence-corrected chi connectivity index (χ3v) is 4.87. The molecule has 0 fully saturated rings. The van der Waals surface area contributed by atoms with E-state index < -0.39 is 4.92 Å². The number of fused-ring (bicyclic) bond motifs is 1. The molecular weight excluding hydrogens is 368 g/mol. The Hall–Kier alpha value is -3.66. The van der Waals surface area contributed by atoms with Crippen LogP contribution in [0.2, 0.25) is 0 Å². The van der Waals surface area contributed by atoms with Crippen LogP contribution < -0.4 is 5.32 Å². The minimum atomic E-state index is -0.471. The molecule has 0 aliphatic rings. The number of anilines is 1. The van der Waals surface area contributed by atoms with Crippen LogP contribution in [0.5, 0.6) is 0 Å². The fourth-order valence-electron chi connectivity index (χ4n) is 2.61. The van der Waals surface area contributed by atoms with Crippen molar-refractivity contribution in [3.05, 3.63) is 70.0 Å². The topological polar surface area (TPSA) is 115 Å². The number of aryl methyl sites for hydroxylation is 1. The van der Waals surface area contributed by atoms with E-state index in [1.807, 2.05) is 18.2 Å². The lowest BCUT2D eigenvalue weighted by molar-refractivity contribution is -0.385. The molecule has 2 aromatic heterocycles. The molecule has 0 bridgehead atoms. The molecule has 0 saturated carbocycles. The Bertz CT molecular complexity index is 1150. The number of nitrogens with one attached hydrogen (secondary N) is 1. The number of hydrogen-bond acceptors (Lipinski definition) is 7. The second-order valence-corrected chi connectivity index (χ2v) is 6.71. The van der Waals surface area contributed by atoms with E-state index >= 15 is 0 Å². The van der Waals surface area contributed by atoms with E-state index in [1.165, 1.54) is 35.9 Å². The number of nitro groups is 1. The summed E-state index contributed by atoms with van der Waals surface area (Å²) >= 11 is 1.39. The van der Waals surface area contributed by atoms with Crippen LogP contribution in [0.25, 0.3) is 15.5 Å². The molecule has 4 rings (SSSR count). The summed E-state index contributed by atoms with van der Waals surface area (Å²) in [5, 5.41) is 26.6. The molecule has 10 heteroatoms. The van der Waals surface area contributed by atoms with Gasteiger partial charge in [-0.1, -0.05) is 23.5 Å². The normalized spacial score (nSPS) is 10.9. The van der Waals surface area contributed by atoms with Gasteiger partial charge in [0.15, 0.2) is 0 Å². The monoisotopic (exact) mass is 380 g/mol. The Kier molecular flexibility index (Phi) is 4.09. The summed E-state index contributed by atoms with van der Waals surface area (Å²) in [7, 11) is 0. The van der Waals surface area contributed by atoms with Crippen LogP contribution in [0.1, 0.15) is 15.9 Å². The number of benzene rings is 2. The van der Waals surface area contributed by atoms with Gasteiger partial charge < -0.3 is 5.32 Å². The van der Waals surface area contributed by atoms with E-state index in [0.29, 0.717) is 21.8 Å². The van der Waals surface area contributed by atoms with Gasteiger partial charge in [-0.15, -0.1) is 10.2 Å². The van der Waals surface area contributed by atoms with Gasteiger partial charge in [-0.2, -0.15) is 9.61 Å². The molecule has 0 aliphatic heterocycles. The maximum atomic E-state index is 12.5. The van der Waals surface area contributed by atoms with Crippen molar-refractivity contribution in [3.63, 3.8) is 0 Å². The molecule has 9 nitrogen and oxygen atoms in total. The second kappa shape index (κ2) is 6.57. The molecular formula is C17H12N6O3S. The summed E-state index contributed by atoms with van der Waals surface area (Å²) in [4.78, 5) is 23.6. The minimum Gasteiger partial charge on any atom is -0.322 e. The van der Waals surface area contributed by atoms with Crippen molar-refractivity contribution in [3.8, 4) is 10.6 Å². The van der Waals surface area contributed by atoms with Gasteiger partial charge in [0.2, 0.25) is 4.96 Å². The van der Waals surface area contributed by atoms with Crippen molar-refractivity contribution < 1.29 is 9.72 Å². The highest BCUT2D eigenvalue weighted by molar-refractivity contribution is 7.19. The van der Waals surface area contributed by atoms with Crippen LogP contribution in [0.4, 0.5) is 11.4 Å². The van der Waals surface area contributed by atoms with Gasteiger partial charge in [-0.05, 0) is 31.2 Å². The summed E-state index contributed by atoms with van der Waals surface area (Å²) in [6.45, 7) is 1.60. The zero-order valence-corrected chi connectivity index (χ0v) is 14.8. The fourth-order valence-corrected chi connectivity index (χ4v) is 3.43. The Balaban J connectivity index is 1.57. The number of rotatable bonds is 4.